The predicted octanol–water partition coefficient (Wildman–Crippen LogP) is 5.14. The minimum Gasteiger partial charge on any atom is -0.298 e. The Kier molecular flexibility index (Phi) is 4.82. The van der Waals surface area contributed by atoms with E-state index in [1.807, 2.05) is 30.6 Å². The fourth-order valence-corrected chi connectivity index (χ4v) is 4.38. The number of piperidine rings is 1. The van der Waals surface area contributed by atoms with Crippen LogP contribution in [0.25, 0.3) is 22.0 Å². The fraction of sp³-hybridized carbons (Fsp3) is 0.250. The molecule has 1 atom stereocenters. The van der Waals surface area contributed by atoms with E-state index in [0.29, 0.717) is 5.92 Å². The highest BCUT2D eigenvalue weighted by atomic mass is 19.1. The van der Waals surface area contributed by atoms with Gasteiger partial charge in [-0.2, -0.15) is 5.10 Å². The van der Waals surface area contributed by atoms with Gasteiger partial charge in [0.05, 0.1) is 11.7 Å². The van der Waals surface area contributed by atoms with E-state index < -0.39 is 0 Å². The lowest BCUT2D eigenvalue weighted by atomic mass is 9.90. The van der Waals surface area contributed by atoms with E-state index in [0.717, 1.165) is 54.8 Å². The molecule has 1 N–H and O–H groups in total. The molecule has 1 aliphatic heterocycles. The van der Waals surface area contributed by atoms with E-state index in [9.17, 15) is 4.39 Å². The predicted molar refractivity (Wildman–Crippen MR) is 113 cm³/mol. The number of hydrogen-bond donors (Lipinski definition) is 1. The molecule has 0 bridgehead atoms. The lowest BCUT2D eigenvalue weighted by Crippen LogP contribution is -2.34. The summed E-state index contributed by atoms with van der Waals surface area (Å²) < 4.78 is 13.3. The normalized spacial score (nSPS) is 17.6. The Morgan fingerprint density at radius 2 is 2.00 bits per heavy atom. The number of benzene rings is 2. The van der Waals surface area contributed by atoms with E-state index in [2.05, 4.69) is 44.3 Å². The zero-order valence-electron chi connectivity index (χ0n) is 16.2. The molecule has 1 saturated heterocycles. The molecule has 1 aliphatic rings. The van der Waals surface area contributed by atoms with Gasteiger partial charge in [-0.3, -0.25) is 15.0 Å². The Labute approximate surface area is 169 Å². The van der Waals surface area contributed by atoms with Gasteiger partial charge in [0.2, 0.25) is 0 Å². The van der Waals surface area contributed by atoms with Crippen LogP contribution in [0, 0.1) is 5.82 Å². The van der Waals surface area contributed by atoms with E-state index in [4.69, 9.17) is 0 Å². The molecule has 0 saturated carbocycles. The van der Waals surface area contributed by atoms with Gasteiger partial charge in [-0.15, -0.1) is 0 Å². The van der Waals surface area contributed by atoms with Gasteiger partial charge in [-0.25, -0.2) is 4.39 Å². The molecule has 0 radical (unpaired) electrons. The van der Waals surface area contributed by atoms with Gasteiger partial charge in [-0.05, 0) is 60.8 Å². The van der Waals surface area contributed by atoms with Gasteiger partial charge in [-0.1, -0.05) is 24.3 Å². The maximum Gasteiger partial charge on any atom is 0.123 e. The number of fused-ring (bicyclic) bond motifs is 1. The van der Waals surface area contributed by atoms with Crippen LogP contribution in [-0.4, -0.2) is 33.2 Å². The van der Waals surface area contributed by atoms with Gasteiger partial charge >= 0.3 is 0 Å². The number of aromatic amines is 1. The first-order chi connectivity index (χ1) is 14.3. The lowest BCUT2D eigenvalue weighted by Gasteiger charge is -2.32. The van der Waals surface area contributed by atoms with Crippen LogP contribution >= 0.6 is 0 Å². The number of aromatic nitrogens is 3. The van der Waals surface area contributed by atoms with Gasteiger partial charge in [0, 0.05) is 41.8 Å². The Morgan fingerprint density at radius 1 is 1.10 bits per heavy atom. The molecule has 2 aromatic heterocycles. The minimum absolute atomic E-state index is 0.215. The summed E-state index contributed by atoms with van der Waals surface area (Å²) in [7, 11) is 0. The topological polar surface area (TPSA) is 44.8 Å². The maximum atomic E-state index is 13.3. The first kappa shape index (κ1) is 18.0. The van der Waals surface area contributed by atoms with E-state index in [1.165, 1.54) is 23.1 Å². The van der Waals surface area contributed by atoms with Crippen LogP contribution in [0.1, 0.15) is 30.0 Å². The molecule has 0 aliphatic carbocycles. The van der Waals surface area contributed by atoms with Crippen LogP contribution in [0.2, 0.25) is 0 Å². The number of nitrogens with zero attached hydrogens (tertiary/aromatic N) is 3. The average Bonchev–Trinajstić information content (AvgIpc) is 3.24. The lowest BCUT2D eigenvalue weighted by molar-refractivity contribution is 0.198. The molecule has 4 nitrogen and oxygen atoms in total. The molecular formula is C24H23FN4. The Balaban J connectivity index is 1.34. The zero-order valence-corrected chi connectivity index (χ0v) is 16.2. The third kappa shape index (κ3) is 3.78. The number of nitrogens with one attached hydrogen (secondary N) is 1. The van der Waals surface area contributed by atoms with E-state index >= 15 is 0 Å². The van der Waals surface area contributed by atoms with Crippen molar-refractivity contribution in [2.24, 2.45) is 0 Å². The summed E-state index contributed by atoms with van der Waals surface area (Å²) in [6, 6.07) is 17.3. The molecule has 29 heavy (non-hydrogen) atoms. The summed E-state index contributed by atoms with van der Waals surface area (Å²) >= 11 is 0. The van der Waals surface area contributed by atoms with Crippen LogP contribution < -0.4 is 0 Å². The summed E-state index contributed by atoms with van der Waals surface area (Å²) in [5.74, 6) is 0.182. The molecule has 4 aromatic rings. The van der Waals surface area contributed by atoms with Crippen molar-refractivity contribution in [3.05, 3.63) is 84.1 Å². The first-order valence-corrected chi connectivity index (χ1v) is 10.1. The number of H-pyrrole nitrogens is 1. The van der Waals surface area contributed by atoms with Gasteiger partial charge < -0.3 is 0 Å². The van der Waals surface area contributed by atoms with Crippen LogP contribution in [0.5, 0.6) is 0 Å². The summed E-state index contributed by atoms with van der Waals surface area (Å²) in [6.07, 6.45) is 5.98. The van der Waals surface area contributed by atoms with Crippen LogP contribution in [-0.2, 0) is 6.54 Å². The zero-order chi connectivity index (χ0) is 19.6. The quantitative estimate of drug-likeness (QED) is 0.528. The molecule has 0 amide bonds. The Morgan fingerprint density at radius 3 is 2.90 bits per heavy atom. The molecule has 1 fully saturated rings. The number of halogens is 1. The third-order valence-electron chi connectivity index (χ3n) is 5.81. The molecule has 146 valence electrons. The second kappa shape index (κ2) is 7.76. The SMILES string of the molecule is Fc1ccc(-c2cn[nH]c2[C@H]2CCCN(Cc3ccc4ncccc4c3)C2)cc1. The Bertz CT molecular complexity index is 1120. The fourth-order valence-electron chi connectivity index (χ4n) is 4.38. The molecule has 0 unspecified atom stereocenters. The van der Waals surface area contributed by atoms with Crippen molar-refractivity contribution in [2.45, 2.75) is 25.3 Å². The van der Waals surface area contributed by atoms with Crippen molar-refractivity contribution < 1.29 is 4.39 Å². The van der Waals surface area contributed by atoms with Crippen molar-refractivity contribution in [1.82, 2.24) is 20.1 Å². The molecular weight excluding hydrogens is 363 g/mol. The second-order valence-electron chi connectivity index (χ2n) is 7.81. The summed E-state index contributed by atoms with van der Waals surface area (Å²) in [5.41, 5.74) is 5.59. The van der Waals surface area contributed by atoms with Crippen molar-refractivity contribution in [3.63, 3.8) is 0 Å². The van der Waals surface area contributed by atoms with Gasteiger partial charge in [0.1, 0.15) is 5.82 Å². The van der Waals surface area contributed by atoms with Crippen LogP contribution in [0.4, 0.5) is 4.39 Å². The number of pyridine rings is 1. The van der Waals surface area contributed by atoms with Crippen LogP contribution in [0.15, 0.2) is 67.0 Å². The van der Waals surface area contributed by atoms with Crippen molar-refractivity contribution in [1.29, 1.82) is 0 Å². The number of hydrogen-bond acceptors (Lipinski definition) is 3. The van der Waals surface area contributed by atoms with Crippen LogP contribution in [0.3, 0.4) is 0 Å². The van der Waals surface area contributed by atoms with Crippen molar-refractivity contribution >= 4 is 10.9 Å². The molecule has 0 spiro atoms. The first-order valence-electron chi connectivity index (χ1n) is 10.1. The van der Waals surface area contributed by atoms with Gasteiger partial charge in [0.25, 0.3) is 0 Å². The average molecular weight is 386 g/mol. The van der Waals surface area contributed by atoms with Crippen molar-refractivity contribution in [3.8, 4) is 11.1 Å². The monoisotopic (exact) mass is 386 g/mol. The third-order valence-corrected chi connectivity index (χ3v) is 5.81. The largest absolute Gasteiger partial charge is 0.298 e. The highest BCUT2D eigenvalue weighted by molar-refractivity contribution is 5.78. The summed E-state index contributed by atoms with van der Waals surface area (Å²) in [5, 5.41) is 8.70. The van der Waals surface area contributed by atoms with Gasteiger partial charge in [0.15, 0.2) is 0 Å². The highest BCUT2D eigenvalue weighted by Crippen LogP contribution is 2.33. The van der Waals surface area contributed by atoms with E-state index in [1.54, 1.807) is 0 Å². The minimum atomic E-state index is -0.215. The molecule has 5 rings (SSSR count). The van der Waals surface area contributed by atoms with E-state index in [-0.39, 0.29) is 5.82 Å². The molecule has 3 heterocycles. The Hall–Kier alpha value is -3.05. The number of rotatable bonds is 4. The molecule has 5 heteroatoms. The summed E-state index contributed by atoms with van der Waals surface area (Å²) in [4.78, 5) is 6.93. The maximum absolute atomic E-state index is 13.3. The standard InChI is InChI=1S/C24H23FN4/c25-21-8-6-18(7-9-21)22-14-27-28-24(22)20-4-2-12-29(16-20)15-17-5-10-23-19(13-17)3-1-11-26-23/h1,3,5-11,13-14,20H,2,4,12,15-16H2,(H,27,28)/t20-/m0/s1. The number of likely N-dealkylation sites (tertiary alicyclic amines) is 1. The summed E-state index contributed by atoms with van der Waals surface area (Å²) in [6.45, 7) is 3.02. The second-order valence-corrected chi connectivity index (χ2v) is 7.81. The molecule has 2 aromatic carbocycles. The smallest absolute Gasteiger partial charge is 0.123 e. The van der Waals surface area contributed by atoms with Crippen molar-refractivity contribution in [2.75, 3.05) is 13.1 Å². The highest BCUT2D eigenvalue weighted by Gasteiger charge is 2.25.